The molecule has 0 saturated carbocycles. The van der Waals surface area contributed by atoms with E-state index in [0.29, 0.717) is 0 Å². The summed E-state index contributed by atoms with van der Waals surface area (Å²) in [4.78, 5) is 0. The van der Waals surface area contributed by atoms with E-state index < -0.39 is 0 Å². The zero-order valence-electron chi connectivity index (χ0n) is 8.27. The number of fused-ring (bicyclic) bond motifs is 2. The largest absolute Gasteiger partial charge is 0.361 e. The molecule has 1 aliphatic carbocycles. The van der Waals surface area contributed by atoms with E-state index in [1.54, 1.807) is 0 Å². The molecular formula is C14H11N. The Balaban J connectivity index is 2.43. The topological polar surface area (TPSA) is 12.0 Å². The summed E-state index contributed by atoms with van der Waals surface area (Å²) in [5.41, 5.74) is 2.43. The lowest BCUT2D eigenvalue weighted by Crippen LogP contribution is -2.34. The molecule has 1 heterocycles. The molecule has 3 rings (SSSR count). The molecular weight excluding hydrogens is 182 g/mol. The predicted octanol–water partition coefficient (Wildman–Crippen LogP) is 1.19. The Hall–Kier alpha value is -2.02. The maximum atomic E-state index is 3.31. The molecule has 1 heteroatoms. The predicted molar refractivity (Wildman–Crippen MR) is 63.1 cm³/mol. The number of hydrogen-bond donors (Lipinski definition) is 1. The third kappa shape index (κ3) is 1.33. The van der Waals surface area contributed by atoms with Crippen molar-refractivity contribution in [2.24, 2.45) is 0 Å². The van der Waals surface area contributed by atoms with Crippen LogP contribution in [0.3, 0.4) is 0 Å². The number of hydrogen-bond acceptors (Lipinski definition) is 1. The van der Waals surface area contributed by atoms with Crippen molar-refractivity contribution in [1.82, 2.24) is 5.32 Å². The molecule has 0 amide bonds. The van der Waals surface area contributed by atoms with Crippen LogP contribution in [0.25, 0.3) is 11.8 Å². The molecule has 0 fully saturated rings. The highest BCUT2D eigenvalue weighted by molar-refractivity contribution is 5.76. The maximum Gasteiger partial charge on any atom is 0.0459 e. The van der Waals surface area contributed by atoms with Gasteiger partial charge in [0.25, 0.3) is 0 Å². The summed E-state index contributed by atoms with van der Waals surface area (Å²) < 4.78 is 0. The van der Waals surface area contributed by atoms with Gasteiger partial charge in [0.1, 0.15) is 0 Å². The van der Waals surface area contributed by atoms with Crippen molar-refractivity contribution < 1.29 is 0 Å². The fourth-order valence-electron chi connectivity index (χ4n) is 1.93. The lowest BCUT2D eigenvalue weighted by atomic mass is 10.0. The standard InChI is InChI=1S/C14H11N/c1-2-8-13-12-7-5-4-6-11(12)10-15-14(13)9-3-1/h1-10,15H. The first-order chi connectivity index (χ1) is 7.45. The van der Waals surface area contributed by atoms with Crippen molar-refractivity contribution >= 4 is 11.8 Å². The molecule has 0 aromatic heterocycles. The molecule has 0 unspecified atom stereocenters. The van der Waals surface area contributed by atoms with Crippen LogP contribution in [0.5, 0.6) is 0 Å². The van der Waals surface area contributed by atoms with E-state index in [4.69, 9.17) is 0 Å². The molecule has 0 bridgehead atoms. The smallest absolute Gasteiger partial charge is 0.0459 e. The minimum atomic E-state index is 1.17. The van der Waals surface area contributed by atoms with Gasteiger partial charge in [0.05, 0.1) is 0 Å². The van der Waals surface area contributed by atoms with Gasteiger partial charge in [-0.25, -0.2) is 0 Å². The lowest BCUT2D eigenvalue weighted by Gasteiger charge is -2.12. The summed E-state index contributed by atoms with van der Waals surface area (Å²) in [5, 5.41) is 5.85. The molecule has 1 aliphatic heterocycles. The number of nitrogens with one attached hydrogen (secondary N) is 1. The van der Waals surface area contributed by atoms with Crippen LogP contribution in [0, 0.1) is 0 Å². The fourth-order valence-corrected chi connectivity index (χ4v) is 1.93. The Bertz CT molecular complexity index is 600. The van der Waals surface area contributed by atoms with E-state index in [2.05, 4.69) is 54.0 Å². The fraction of sp³-hybridized carbons (Fsp3) is 0. The van der Waals surface area contributed by atoms with Crippen LogP contribution in [0.2, 0.25) is 0 Å². The summed E-state index contributed by atoms with van der Waals surface area (Å²) in [6.45, 7) is 0. The van der Waals surface area contributed by atoms with Crippen molar-refractivity contribution in [2.45, 2.75) is 0 Å². The van der Waals surface area contributed by atoms with Gasteiger partial charge in [0, 0.05) is 17.5 Å². The van der Waals surface area contributed by atoms with Crippen LogP contribution in [-0.2, 0) is 0 Å². The normalized spacial score (nSPS) is 16.8. The van der Waals surface area contributed by atoms with Crippen LogP contribution in [0.1, 0.15) is 0 Å². The Morgan fingerprint density at radius 1 is 0.933 bits per heavy atom. The van der Waals surface area contributed by atoms with Crippen molar-refractivity contribution in [3.63, 3.8) is 0 Å². The van der Waals surface area contributed by atoms with Gasteiger partial charge in [0.2, 0.25) is 0 Å². The molecule has 0 spiro atoms. The monoisotopic (exact) mass is 193 g/mol. The zero-order valence-corrected chi connectivity index (χ0v) is 8.27. The quantitative estimate of drug-likeness (QED) is 0.652. The SMILES string of the molecule is C1=CC=C2NC=c3ccccc3=C2C=C1. The first-order valence-electron chi connectivity index (χ1n) is 5.07. The Morgan fingerprint density at radius 2 is 1.87 bits per heavy atom. The second-order valence-electron chi connectivity index (χ2n) is 3.61. The molecule has 0 saturated heterocycles. The average Bonchev–Trinajstić information content (AvgIpc) is 2.54. The van der Waals surface area contributed by atoms with Gasteiger partial charge in [0.15, 0.2) is 0 Å². The number of benzene rings is 1. The van der Waals surface area contributed by atoms with Crippen LogP contribution in [0.15, 0.2) is 60.3 Å². The van der Waals surface area contributed by atoms with E-state index in [-0.39, 0.29) is 0 Å². The third-order valence-electron chi connectivity index (χ3n) is 2.67. The van der Waals surface area contributed by atoms with Gasteiger partial charge in [-0.05, 0) is 16.5 Å². The van der Waals surface area contributed by atoms with Gasteiger partial charge in [-0.2, -0.15) is 0 Å². The van der Waals surface area contributed by atoms with Gasteiger partial charge >= 0.3 is 0 Å². The highest BCUT2D eigenvalue weighted by atomic mass is 14.9. The Labute approximate surface area is 88.4 Å². The van der Waals surface area contributed by atoms with Gasteiger partial charge < -0.3 is 5.32 Å². The number of rotatable bonds is 0. The van der Waals surface area contributed by atoms with E-state index in [1.165, 1.54) is 21.7 Å². The summed E-state index contributed by atoms with van der Waals surface area (Å²) in [5.74, 6) is 0. The number of allylic oxidation sites excluding steroid dienone is 5. The first-order valence-corrected chi connectivity index (χ1v) is 5.07. The molecule has 1 nitrogen and oxygen atoms in total. The van der Waals surface area contributed by atoms with Crippen molar-refractivity contribution in [1.29, 1.82) is 0 Å². The molecule has 1 aromatic rings. The van der Waals surface area contributed by atoms with Crippen molar-refractivity contribution in [2.75, 3.05) is 0 Å². The Kier molecular flexibility index (Phi) is 1.82. The highest BCUT2D eigenvalue weighted by Gasteiger charge is 2.06. The first kappa shape index (κ1) is 8.30. The van der Waals surface area contributed by atoms with E-state index in [0.717, 1.165) is 0 Å². The summed E-state index contributed by atoms with van der Waals surface area (Å²) in [6.07, 6.45) is 12.5. The minimum absolute atomic E-state index is 1.17. The Morgan fingerprint density at radius 3 is 2.87 bits per heavy atom. The minimum Gasteiger partial charge on any atom is -0.361 e. The molecule has 1 N–H and O–H groups in total. The summed E-state index contributed by atoms with van der Waals surface area (Å²) in [6, 6.07) is 8.42. The van der Waals surface area contributed by atoms with E-state index in [1.807, 2.05) is 12.2 Å². The molecule has 1 aromatic carbocycles. The van der Waals surface area contributed by atoms with E-state index >= 15 is 0 Å². The molecule has 2 aliphatic rings. The molecule has 0 radical (unpaired) electrons. The molecule has 15 heavy (non-hydrogen) atoms. The van der Waals surface area contributed by atoms with Gasteiger partial charge in [-0.1, -0.05) is 48.6 Å². The summed E-state index contributed by atoms with van der Waals surface area (Å²) in [7, 11) is 0. The van der Waals surface area contributed by atoms with E-state index in [9.17, 15) is 0 Å². The van der Waals surface area contributed by atoms with Crippen molar-refractivity contribution in [3.8, 4) is 0 Å². The second-order valence-corrected chi connectivity index (χ2v) is 3.61. The van der Waals surface area contributed by atoms with Crippen molar-refractivity contribution in [3.05, 3.63) is 70.8 Å². The van der Waals surface area contributed by atoms with Gasteiger partial charge in [-0.15, -0.1) is 0 Å². The van der Waals surface area contributed by atoms with Crippen LogP contribution < -0.4 is 15.8 Å². The van der Waals surface area contributed by atoms with Crippen LogP contribution >= 0.6 is 0 Å². The highest BCUT2D eigenvalue weighted by Crippen LogP contribution is 2.12. The zero-order chi connectivity index (χ0) is 10.1. The summed E-state index contributed by atoms with van der Waals surface area (Å²) >= 11 is 0. The lowest BCUT2D eigenvalue weighted by molar-refractivity contribution is 1.16. The van der Waals surface area contributed by atoms with Crippen LogP contribution in [-0.4, -0.2) is 0 Å². The molecule has 0 atom stereocenters. The maximum absolute atomic E-state index is 3.31. The molecule has 72 valence electrons. The third-order valence-corrected chi connectivity index (χ3v) is 2.67. The second kappa shape index (κ2) is 3.28. The van der Waals surface area contributed by atoms with Crippen LogP contribution in [0.4, 0.5) is 0 Å². The average molecular weight is 193 g/mol. The van der Waals surface area contributed by atoms with Gasteiger partial charge in [-0.3, -0.25) is 0 Å².